The van der Waals surface area contributed by atoms with E-state index in [1.807, 2.05) is 0 Å². The molecule has 1 aliphatic rings. The third-order valence-corrected chi connectivity index (χ3v) is 0.833. The highest BCUT2D eigenvalue weighted by Gasteiger charge is 2.16. The third-order valence-electron chi connectivity index (χ3n) is 0.833. The molecule has 0 spiro atoms. The van der Waals surface area contributed by atoms with Crippen molar-refractivity contribution in [2.75, 3.05) is 13.2 Å². The minimum absolute atomic E-state index is 0.236. The van der Waals surface area contributed by atoms with Crippen molar-refractivity contribution >= 4 is 0 Å². The van der Waals surface area contributed by atoms with Crippen LogP contribution in [0.25, 0.3) is 0 Å². The summed E-state index contributed by atoms with van der Waals surface area (Å²) in [7, 11) is 0. The van der Waals surface area contributed by atoms with Crippen molar-refractivity contribution in [3.8, 4) is 0 Å². The summed E-state index contributed by atoms with van der Waals surface area (Å²) in [6, 6.07) is 0. The molecule has 1 fully saturated rings. The lowest BCUT2D eigenvalue weighted by molar-refractivity contribution is 0.00429. The van der Waals surface area contributed by atoms with Crippen LogP contribution in [0.2, 0.25) is 0 Å². The fourth-order valence-corrected chi connectivity index (χ4v) is 0.328. The van der Waals surface area contributed by atoms with Crippen LogP contribution in [0.4, 0.5) is 0 Å². The maximum Gasteiger partial charge on any atom is 0.0913 e. The Morgan fingerprint density at radius 2 is 2.67 bits per heavy atom. The smallest absolute Gasteiger partial charge is 0.0913 e. The summed E-state index contributed by atoms with van der Waals surface area (Å²) in [5, 5.41) is 8.27. The first-order valence-electron chi connectivity index (χ1n) is 1.99. The van der Waals surface area contributed by atoms with Gasteiger partial charge in [0.05, 0.1) is 19.8 Å². The van der Waals surface area contributed by atoms with Crippen LogP contribution < -0.4 is 0 Å². The molecule has 35 valence electrons. The molecular weight excluding hydrogens is 80.0 g/mol. The highest BCUT2D eigenvalue weighted by molar-refractivity contribution is 4.74. The van der Waals surface area contributed by atoms with Crippen LogP contribution in [0.1, 0.15) is 0 Å². The molecule has 0 aromatic carbocycles. The van der Waals surface area contributed by atoms with Gasteiger partial charge in [0.1, 0.15) is 0 Å². The van der Waals surface area contributed by atoms with Crippen molar-refractivity contribution in [1.29, 1.82) is 0 Å². The average molecular weight is 87.1 g/mol. The van der Waals surface area contributed by atoms with Crippen molar-refractivity contribution in [2.45, 2.75) is 0 Å². The van der Waals surface area contributed by atoms with Crippen LogP contribution in [-0.2, 0) is 4.74 Å². The summed E-state index contributed by atoms with van der Waals surface area (Å²) in [5.41, 5.74) is 0. The molecule has 1 N–H and O–H groups in total. The van der Waals surface area contributed by atoms with E-state index in [1.54, 1.807) is 6.61 Å². The molecule has 1 saturated heterocycles. The van der Waals surface area contributed by atoms with E-state index in [9.17, 15) is 0 Å². The summed E-state index contributed by atoms with van der Waals surface area (Å²) in [5.74, 6) is 0.324. The van der Waals surface area contributed by atoms with Gasteiger partial charge in [-0.2, -0.15) is 0 Å². The van der Waals surface area contributed by atoms with Crippen LogP contribution in [-0.4, -0.2) is 18.3 Å². The Balaban J connectivity index is 2.01. The molecule has 0 aromatic rings. The van der Waals surface area contributed by atoms with E-state index in [4.69, 9.17) is 5.11 Å². The molecule has 2 nitrogen and oxygen atoms in total. The summed E-state index contributed by atoms with van der Waals surface area (Å²) in [4.78, 5) is 0. The van der Waals surface area contributed by atoms with Crippen molar-refractivity contribution in [2.24, 2.45) is 5.92 Å². The lowest BCUT2D eigenvalue weighted by Crippen LogP contribution is -2.24. The van der Waals surface area contributed by atoms with Crippen LogP contribution in [0.5, 0.6) is 0 Å². The molecule has 2 heteroatoms. The fraction of sp³-hybridized carbons (Fsp3) is 0.750. The maximum atomic E-state index is 8.27. The molecule has 6 heavy (non-hydrogen) atoms. The molecule has 1 heterocycles. The Kier molecular flexibility index (Phi) is 1.08. The molecule has 1 atom stereocenters. The van der Waals surface area contributed by atoms with Crippen molar-refractivity contribution in [3.63, 3.8) is 0 Å². The zero-order chi connectivity index (χ0) is 4.41. The average Bonchev–Trinajstić information content (AvgIpc) is 1.31. The third kappa shape index (κ3) is 0.533. The highest BCUT2D eigenvalue weighted by atomic mass is 16.5. The van der Waals surface area contributed by atoms with Crippen LogP contribution in [0.3, 0.4) is 0 Å². The summed E-state index contributed by atoms with van der Waals surface area (Å²) in [6.07, 6.45) is 0. The van der Waals surface area contributed by atoms with Gasteiger partial charge in [-0.1, -0.05) is 0 Å². The predicted octanol–water partition coefficient (Wildman–Crippen LogP) is -0.213. The molecule has 0 saturated carbocycles. The lowest BCUT2D eigenvalue weighted by Gasteiger charge is -2.21. The second-order valence-electron chi connectivity index (χ2n) is 1.41. The van der Waals surface area contributed by atoms with Gasteiger partial charge >= 0.3 is 0 Å². The zero-order valence-electron chi connectivity index (χ0n) is 3.42. The van der Waals surface area contributed by atoms with E-state index < -0.39 is 0 Å². The molecule has 1 aliphatic heterocycles. The maximum absolute atomic E-state index is 8.27. The number of rotatable bonds is 1. The van der Waals surface area contributed by atoms with E-state index >= 15 is 0 Å². The summed E-state index contributed by atoms with van der Waals surface area (Å²) >= 11 is 0. The van der Waals surface area contributed by atoms with Crippen LogP contribution in [0, 0.1) is 12.5 Å². The standard InChI is InChI=1S/C4H7O2/c5-1-4-2-6-3-4/h2,4-5H,1,3H2. The zero-order valence-corrected chi connectivity index (χ0v) is 3.42. The van der Waals surface area contributed by atoms with Gasteiger partial charge in [0, 0.05) is 5.92 Å². The number of aliphatic hydroxyl groups excluding tert-OH is 1. The van der Waals surface area contributed by atoms with Crippen LogP contribution >= 0.6 is 0 Å². The normalized spacial score (nSPS) is 23.5. The van der Waals surface area contributed by atoms with Gasteiger partial charge in [-0.3, -0.25) is 0 Å². The minimum atomic E-state index is 0.236. The van der Waals surface area contributed by atoms with Crippen LogP contribution in [0.15, 0.2) is 0 Å². The number of hydrogen-bond acceptors (Lipinski definition) is 2. The lowest BCUT2D eigenvalue weighted by atomic mass is 10.1. The van der Waals surface area contributed by atoms with E-state index in [0.717, 1.165) is 0 Å². The van der Waals surface area contributed by atoms with Gasteiger partial charge < -0.3 is 9.84 Å². The fourth-order valence-electron chi connectivity index (χ4n) is 0.328. The predicted molar refractivity (Wildman–Crippen MR) is 20.8 cm³/mol. The largest absolute Gasteiger partial charge is 0.396 e. The molecule has 1 rings (SSSR count). The first kappa shape index (κ1) is 4.09. The van der Waals surface area contributed by atoms with E-state index in [2.05, 4.69) is 4.74 Å². The minimum Gasteiger partial charge on any atom is -0.396 e. The quantitative estimate of drug-likeness (QED) is 0.479. The van der Waals surface area contributed by atoms with Gasteiger partial charge in [-0.15, -0.1) is 0 Å². The van der Waals surface area contributed by atoms with Gasteiger partial charge in [0.25, 0.3) is 0 Å². The first-order valence-corrected chi connectivity index (χ1v) is 1.99. The second-order valence-corrected chi connectivity index (χ2v) is 1.41. The van der Waals surface area contributed by atoms with Crippen molar-refractivity contribution in [3.05, 3.63) is 6.61 Å². The Hall–Kier alpha value is -0.0800. The van der Waals surface area contributed by atoms with E-state index in [1.165, 1.54) is 0 Å². The Morgan fingerprint density at radius 1 is 2.00 bits per heavy atom. The second kappa shape index (κ2) is 1.58. The van der Waals surface area contributed by atoms with Gasteiger partial charge in [-0.25, -0.2) is 0 Å². The summed E-state index contributed by atoms with van der Waals surface area (Å²) < 4.78 is 4.64. The van der Waals surface area contributed by atoms with Gasteiger partial charge in [-0.05, 0) is 0 Å². The van der Waals surface area contributed by atoms with Gasteiger partial charge in [0.2, 0.25) is 0 Å². The number of ether oxygens (including phenoxy) is 1. The molecule has 1 unspecified atom stereocenters. The Bertz CT molecular complexity index is 38.1. The Morgan fingerprint density at radius 3 is 2.67 bits per heavy atom. The van der Waals surface area contributed by atoms with E-state index in [0.29, 0.717) is 12.5 Å². The topological polar surface area (TPSA) is 29.5 Å². The Labute approximate surface area is 36.7 Å². The van der Waals surface area contributed by atoms with Gasteiger partial charge in [0.15, 0.2) is 0 Å². The SMILES string of the molecule is OCC1[CH]OC1. The summed E-state index contributed by atoms with van der Waals surface area (Å²) in [6.45, 7) is 2.59. The van der Waals surface area contributed by atoms with E-state index in [-0.39, 0.29) is 6.61 Å². The van der Waals surface area contributed by atoms with Crippen molar-refractivity contribution in [1.82, 2.24) is 0 Å². The number of hydrogen-bond donors (Lipinski definition) is 1. The first-order chi connectivity index (χ1) is 2.93. The molecule has 0 bridgehead atoms. The molecule has 0 amide bonds. The highest BCUT2D eigenvalue weighted by Crippen LogP contribution is 2.12. The molecule has 0 aliphatic carbocycles. The molecule has 0 aromatic heterocycles. The van der Waals surface area contributed by atoms with Crippen molar-refractivity contribution < 1.29 is 9.84 Å². The number of aliphatic hydroxyl groups is 1. The monoisotopic (exact) mass is 87.0 g/mol. The molecule has 1 radical (unpaired) electrons. The molecular formula is C4H7O2.